The van der Waals surface area contributed by atoms with E-state index in [4.69, 9.17) is 0 Å². The average Bonchev–Trinajstić information content (AvgIpc) is 2.64. The van der Waals surface area contributed by atoms with E-state index in [-0.39, 0.29) is 11.7 Å². The molecule has 2 heterocycles. The fourth-order valence-electron chi connectivity index (χ4n) is 3.91. The van der Waals surface area contributed by atoms with Gasteiger partial charge in [-0.1, -0.05) is 30.3 Å². The van der Waals surface area contributed by atoms with E-state index in [0.717, 1.165) is 12.1 Å². The van der Waals surface area contributed by atoms with Gasteiger partial charge in [0.15, 0.2) is 6.54 Å². The molecule has 2 saturated heterocycles. The van der Waals surface area contributed by atoms with Crippen molar-refractivity contribution in [1.29, 1.82) is 0 Å². The first-order chi connectivity index (χ1) is 12.5. The number of rotatable bonds is 5. The number of likely N-dealkylation sites (tertiary alicyclic amines) is 1. The molecule has 144 valence electrons. The van der Waals surface area contributed by atoms with Gasteiger partial charge in [-0.05, 0) is 31.7 Å². The van der Waals surface area contributed by atoms with E-state index < -0.39 is 10.0 Å². The molecule has 1 amide bonds. The van der Waals surface area contributed by atoms with E-state index in [1.54, 1.807) is 0 Å². The number of amides is 1. The van der Waals surface area contributed by atoms with Crippen LogP contribution in [0.25, 0.3) is 0 Å². The molecular formula is C19H30N3O3S+. The molecule has 0 spiro atoms. The first-order valence-electron chi connectivity index (χ1n) is 9.60. The summed E-state index contributed by atoms with van der Waals surface area (Å²) >= 11 is 0. The number of carbonyl (C=O) groups excluding carboxylic acids is 1. The Bertz CT molecular complexity index is 700. The Morgan fingerprint density at radius 3 is 2.46 bits per heavy atom. The van der Waals surface area contributed by atoms with Crippen LogP contribution in [0.4, 0.5) is 0 Å². The molecule has 0 bridgehead atoms. The normalized spacial score (nSPS) is 25.2. The third-order valence-electron chi connectivity index (χ3n) is 5.64. The zero-order chi connectivity index (χ0) is 18.6. The minimum absolute atomic E-state index is 0.0250. The van der Waals surface area contributed by atoms with Crippen LogP contribution < -0.4 is 4.90 Å². The van der Waals surface area contributed by atoms with E-state index in [2.05, 4.69) is 6.92 Å². The number of sulfonamides is 1. The van der Waals surface area contributed by atoms with Crippen molar-refractivity contribution in [3.63, 3.8) is 0 Å². The lowest BCUT2D eigenvalue weighted by Gasteiger charge is -2.36. The van der Waals surface area contributed by atoms with E-state index in [1.165, 1.54) is 28.5 Å². The van der Waals surface area contributed by atoms with E-state index in [9.17, 15) is 13.2 Å². The maximum atomic E-state index is 12.6. The number of piperazine rings is 1. The molecule has 7 heteroatoms. The number of benzene rings is 1. The molecule has 0 aliphatic carbocycles. The predicted octanol–water partition coefficient (Wildman–Crippen LogP) is 0.118. The summed E-state index contributed by atoms with van der Waals surface area (Å²) < 4.78 is 26.7. The van der Waals surface area contributed by atoms with Gasteiger partial charge in [-0.25, -0.2) is 8.42 Å². The second kappa shape index (κ2) is 8.50. The van der Waals surface area contributed by atoms with E-state index >= 15 is 0 Å². The Balaban J connectivity index is 1.51. The summed E-state index contributed by atoms with van der Waals surface area (Å²) in [4.78, 5) is 15.8. The summed E-state index contributed by atoms with van der Waals surface area (Å²) in [6.45, 7) is 5.60. The molecule has 3 rings (SSSR count). The van der Waals surface area contributed by atoms with Gasteiger partial charge in [0.1, 0.15) is 0 Å². The molecule has 0 saturated carbocycles. The second-order valence-electron chi connectivity index (χ2n) is 7.50. The maximum absolute atomic E-state index is 12.6. The zero-order valence-electron chi connectivity index (χ0n) is 15.6. The number of hydrogen-bond donors (Lipinski definition) is 1. The minimum atomic E-state index is -3.33. The van der Waals surface area contributed by atoms with Crippen LogP contribution in [-0.2, 0) is 20.6 Å². The number of nitrogens with one attached hydrogen (secondary N) is 1. The molecule has 1 N–H and O–H groups in total. The Morgan fingerprint density at radius 1 is 1.12 bits per heavy atom. The Hall–Kier alpha value is -1.44. The lowest BCUT2D eigenvalue weighted by Crippen LogP contribution is -3.17. The SMILES string of the molecule is C[C@H]1CCCC[NH+]1CC(=O)N1CCN(S(=O)(=O)Cc2ccccc2)CC1. The summed E-state index contributed by atoms with van der Waals surface area (Å²) in [5.74, 6) is 0.186. The van der Waals surface area contributed by atoms with Gasteiger partial charge < -0.3 is 9.80 Å². The van der Waals surface area contributed by atoms with Crippen molar-refractivity contribution >= 4 is 15.9 Å². The molecule has 6 nitrogen and oxygen atoms in total. The Morgan fingerprint density at radius 2 is 1.81 bits per heavy atom. The number of carbonyl (C=O) groups is 1. The smallest absolute Gasteiger partial charge is 0.277 e. The number of quaternary nitrogens is 1. The average molecular weight is 381 g/mol. The Kier molecular flexibility index (Phi) is 6.32. The summed E-state index contributed by atoms with van der Waals surface area (Å²) in [5.41, 5.74) is 0.800. The molecule has 1 unspecified atom stereocenters. The predicted molar refractivity (Wildman–Crippen MR) is 101 cm³/mol. The van der Waals surface area contributed by atoms with Crippen LogP contribution >= 0.6 is 0 Å². The van der Waals surface area contributed by atoms with Crippen LogP contribution in [0, 0.1) is 0 Å². The fraction of sp³-hybridized carbons (Fsp3) is 0.632. The molecule has 2 aliphatic heterocycles. The fourth-order valence-corrected chi connectivity index (χ4v) is 5.43. The van der Waals surface area contributed by atoms with Gasteiger partial charge >= 0.3 is 0 Å². The van der Waals surface area contributed by atoms with Crippen LogP contribution in [0.15, 0.2) is 30.3 Å². The van der Waals surface area contributed by atoms with Gasteiger partial charge in [0.05, 0.1) is 18.3 Å². The topological polar surface area (TPSA) is 62.1 Å². The van der Waals surface area contributed by atoms with Crippen LogP contribution in [-0.4, -0.2) is 68.8 Å². The summed E-state index contributed by atoms with van der Waals surface area (Å²) in [5, 5.41) is 0. The highest BCUT2D eigenvalue weighted by Gasteiger charge is 2.31. The van der Waals surface area contributed by atoms with Crippen LogP contribution in [0.2, 0.25) is 0 Å². The lowest BCUT2D eigenvalue weighted by molar-refractivity contribution is -0.921. The molecule has 1 aromatic rings. The van der Waals surface area contributed by atoms with Gasteiger partial charge in [0, 0.05) is 26.2 Å². The van der Waals surface area contributed by atoms with Crippen molar-refractivity contribution < 1.29 is 18.1 Å². The summed E-state index contributed by atoms with van der Waals surface area (Å²) in [6.07, 6.45) is 3.64. The zero-order valence-corrected chi connectivity index (χ0v) is 16.4. The first-order valence-corrected chi connectivity index (χ1v) is 11.2. The van der Waals surface area contributed by atoms with E-state index in [0.29, 0.717) is 38.8 Å². The highest BCUT2D eigenvalue weighted by molar-refractivity contribution is 7.88. The Labute approximate surface area is 156 Å². The highest BCUT2D eigenvalue weighted by Crippen LogP contribution is 2.13. The minimum Gasteiger partial charge on any atom is -0.335 e. The maximum Gasteiger partial charge on any atom is 0.277 e. The molecule has 26 heavy (non-hydrogen) atoms. The third-order valence-corrected chi connectivity index (χ3v) is 7.49. The summed E-state index contributed by atoms with van der Waals surface area (Å²) in [6, 6.07) is 9.79. The van der Waals surface area contributed by atoms with Crippen molar-refractivity contribution in [1.82, 2.24) is 9.21 Å². The lowest BCUT2D eigenvalue weighted by atomic mass is 10.0. The van der Waals surface area contributed by atoms with Crippen molar-refractivity contribution in [2.24, 2.45) is 0 Å². The van der Waals surface area contributed by atoms with Gasteiger partial charge in [0.25, 0.3) is 5.91 Å². The molecule has 1 aromatic carbocycles. The molecule has 0 aromatic heterocycles. The van der Waals surface area contributed by atoms with Crippen molar-refractivity contribution in [2.75, 3.05) is 39.3 Å². The molecule has 0 radical (unpaired) electrons. The van der Waals surface area contributed by atoms with Crippen molar-refractivity contribution in [2.45, 2.75) is 38.0 Å². The highest BCUT2D eigenvalue weighted by atomic mass is 32.2. The van der Waals surface area contributed by atoms with Crippen LogP contribution in [0.5, 0.6) is 0 Å². The monoisotopic (exact) mass is 380 g/mol. The number of nitrogens with zero attached hydrogens (tertiary/aromatic N) is 2. The van der Waals surface area contributed by atoms with Gasteiger partial charge in [-0.15, -0.1) is 0 Å². The quantitative estimate of drug-likeness (QED) is 0.789. The first kappa shape index (κ1) is 19.3. The van der Waals surface area contributed by atoms with Gasteiger partial charge in [-0.3, -0.25) is 4.79 Å². The van der Waals surface area contributed by atoms with Crippen LogP contribution in [0.3, 0.4) is 0 Å². The molecule has 2 aliphatic rings. The van der Waals surface area contributed by atoms with Crippen LogP contribution in [0.1, 0.15) is 31.7 Å². The summed E-state index contributed by atoms with van der Waals surface area (Å²) in [7, 11) is -3.33. The van der Waals surface area contributed by atoms with E-state index in [1.807, 2.05) is 35.2 Å². The second-order valence-corrected chi connectivity index (χ2v) is 9.47. The molecular weight excluding hydrogens is 350 g/mol. The van der Waals surface area contributed by atoms with Gasteiger partial charge in [0.2, 0.25) is 10.0 Å². The third kappa shape index (κ3) is 4.84. The molecule has 2 fully saturated rings. The van der Waals surface area contributed by atoms with Gasteiger partial charge in [-0.2, -0.15) is 4.31 Å². The number of hydrogen-bond acceptors (Lipinski definition) is 3. The largest absolute Gasteiger partial charge is 0.335 e. The molecule has 2 atom stereocenters. The number of piperidine rings is 1. The van der Waals surface area contributed by atoms with Crippen molar-refractivity contribution in [3.8, 4) is 0 Å². The van der Waals surface area contributed by atoms with Crippen molar-refractivity contribution in [3.05, 3.63) is 35.9 Å². The standard InChI is InChI=1S/C19H29N3O3S/c1-17-7-5-6-10-21(17)15-19(23)20-11-13-22(14-12-20)26(24,25)16-18-8-3-2-4-9-18/h2-4,8-9,17H,5-7,10-16H2,1H3/p+1/t17-/m0/s1.